The van der Waals surface area contributed by atoms with Crippen LogP contribution in [0.25, 0.3) is 21.8 Å². The van der Waals surface area contributed by atoms with Gasteiger partial charge < -0.3 is 10.3 Å². The molecule has 1 heterocycles. The number of aryl methyl sites for hydroxylation is 1. The van der Waals surface area contributed by atoms with E-state index in [4.69, 9.17) is 0 Å². The summed E-state index contributed by atoms with van der Waals surface area (Å²) >= 11 is 0. The number of para-hydroxylation sites is 1. The van der Waals surface area contributed by atoms with Gasteiger partial charge in [-0.1, -0.05) is 31.2 Å². The van der Waals surface area contributed by atoms with Crippen LogP contribution in [0.3, 0.4) is 0 Å². The zero-order valence-corrected chi connectivity index (χ0v) is 14.5. The minimum absolute atomic E-state index is 0.0381. The summed E-state index contributed by atoms with van der Waals surface area (Å²) in [6.07, 6.45) is 2.03. The highest BCUT2D eigenvalue weighted by Crippen LogP contribution is 2.29. The van der Waals surface area contributed by atoms with Gasteiger partial charge in [-0.3, -0.25) is 4.79 Å². The molecule has 0 unspecified atom stereocenters. The molecule has 0 aliphatic carbocycles. The number of sulfone groups is 1. The largest absolute Gasteiger partial charge is 0.354 e. The van der Waals surface area contributed by atoms with E-state index in [2.05, 4.69) is 35.4 Å². The van der Waals surface area contributed by atoms with Crippen molar-refractivity contribution in [3.63, 3.8) is 0 Å². The molecule has 24 heavy (non-hydrogen) atoms. The Bertz CT molecular complexity index is 1020. The predicted octanol–water partition coefficient (Wildman–Crippen LogP) is 3.26. The number of rotatable bonds is 5. The number of benzene rings is 2. The van der Waals surface area contributed by atoms with E-state index in [1.807, 2.05) is 18.2 Å². The minimum Gasteiger partial charge on any atom is -0.354 e. The Labute approximate surface area is 141 Å². The fourth-order valence-corrected chi connectivity index (χ4v) is 3.42. The van der Waals surface area contributed by atoms with Gasteiger partial charge in [0.25, 0.3) is 0 Å². The van der Waals surface area contributed by atoms with E-state index in [1.54, 1.807) is 0 Å². The van der Waals surface area contributed by atoms with E-state index < -0.39 is 9.84 Å². The van der Waals surface area contributed by atoms with Crippen LogP contribution in [0.2, 0.25) is 0 Å². The highest BCUT2D eigenvalue weighted by Gasteiger charge is 2.10. The lowest BCUT2D eigenvalue weighted by molar-refractivity contribution is -0.115. The monoisotopic (exact) mass is 344 g/mol. The summed E-state index contributed by atoms with van der Waals surface area (Å²) in [4.78, 5) is 15.3. The molecule has 0 saturated carbocycles. The molecule has 0 aliphatic heterocycles. The number of hydrogen-bond acceptors (Lipinski definition) is 3. The maximum atomic E-state index is 11.9. The first kappa shape index (κ1) is 16.5. The second-order valence-electron chi connectivity index (χ2n) is 6.01. The molecule has 0 saturated heterocycles. The fraction of sp³-hybridized carbons (Fsp3) is 0.278. The number of aromatic nitrogens is 1. The van der Waals surface area contributed by atoms with Crippen LogP contribution in [0.15, 0.2) is 36.4 Å². The second-order valence-corrected chi connectivity index (χ2v) is 8.27. The van der Waals surface area contributed by atoms with Crippen molar-refractivity contribution in [2.75, 3.05) is 17.3 Å². The quantitative estimate of drug-likeness (QED) is 0.745. The fourth-order valence-electron chi connectivity index (χ4n) is 2.86. The molecule has 0 radical (unpaired) electrons. The standard InChI is InChI=1S/C18H20N2O3S/c1-3-12-5-4-6-15-14-8-7-13(11-16(14)20-18(12)15)19-17(21)9-10-24(2,22)23/h4-8,11,20H,3,9-10H2,1-2H3,(H,19,21). The maximum absolute atomic E-state index is 11.9. The lowest BCUT2D eigenvalue weighted by atomic mass is 10.1. The number of fused-ring (bicyclic) bond motifs is 3. The van der Waals surface area contributed by atoms with E-state index in [-0.39, 0.29) is 18.1 Å². The molecule has 5 nitrogen and oxygen atoms in total. The Morgan fingerprint density at radius 2 is 1.96 bits per heavy atom. The first-order chi connectivity index (χ1) is 11.4. The summed E-state index contributed by atoms with van der Waals surface area (Å²) in [7, 11) is -3.14. The number of anilines is 1. The van der Waals surface area contributed by atoms with Gasteiger partial charge in [0.1, 0.15) is 9.84 Å². The molecule has 2 N–H and O–H groups in total. The van der Waals surface area contributed by atoms with Crippen LogP contribution in [0, 0.1) is 0 Å². The topological polar surface area (TPSA) is 79.0 Å². The van der Waals surface area contributed by atoms with Crippen LogP contribution in [0.5, 0.6) is 0 Å². The third-order valence-corrected chi connectivity index (χ3v) is 5.03. The Balaban J connectivity index is 1.89. The Hall–Kier alpha value is -2.34. The molecule has 1 aromatic heterocycles. The summed E-state index contributed by atoms with van der Waals surface area (Å²) in [5.74, 6) is -0.446. The second kappa shape index (κ2) is 6.28. The number of hydrogen-bond donors (Lipinski definition) is 2. The number of amides is 1. The van der Waals surface area contributed by atoms with Crippen LogP contribution in [-0.4, -0.2) is 31.3 Å². The van der Waals surface area contributed by atoms with Gasteiger partial charge in [-0.05, 0) is 24.1 Å². The Kier molecular flexibility index (Phi) is 4.32. The van der Waals surface area contributed by atoms with E-state index in [0.29, 0.717) is 5.69 Å². The molecule has 0 atom stereocenters. The lowest BCUT2D eigenvalue weighted by Crippen LogP contribution is -2.16. The molecule has 0 spiro atoms. The Morgan fingerprint density at radius 1 is 1.17 bits per heavy atom. The lowest BCUT2D eigenvalue weighted by Gasteiger charge is -2.05. The highest BCUT2D eigenvalue weighted by atomic mass is 32.2. The summed E-state index contributed by atoms with van der Waals surface area (Å²) in [5.41, 5.74) is 3.98. The molecule has 126 valence electrons. The molecule has 0 aliphatic rings. The number of H-pyrrole nitrogens is 1. The summed E-state index contributed by atoms with van der Waals surface area (Å²) < 4.78 is 22.3. The van der Waals surface area contributed by atoms with E-state index in [1.165, 1.54) is 10.9 Å². The number of carbonyl (C=O) groups excluding carboxylic acids is 1. The molecule has 3 aromatic rings. The third-order valence-electron chi connectivity index (χ3n) is 4.08. The van der Waals surface area contributed by atoms with Crippen molar-refractivity contribution in [3.05, 3.63) is 42.0 Å². The average molecular weight is 344 g/mol. The normalized spacial score (nSPS) is 11.9. The molecule has 2 aromatic carbocycles. The molecule has 0 bridgehead atoms. The van der Waals surface area contributed by atoms with Crippen LogP contribution < -0.4 is 5.32 Å². The predicted molar refractivity (Wildman–Crippen MR) is 98.1 cm³/mol. The van der Waals surface area contributed by atoms with Gasteiger partial charge in [-0.15, -0.1) is 0 Å². The van der Waals surface area contributed by atoms with Gasteiger partial charge in [0.2, 0.25) is 5.91 Å². The zero-order valence-electron chi connectivity index (χ0n) is 13.7. The van der Waals surface area contributed by atoms with Crippen LogP contribution in [0.1, 0.15) is 18.9 Å². The molecule has 6 heteroatoms. The molecule has 0 fully saturated rings. The maximum Gasteiger partial charge on any atom is 0.225 e. The van der Waals surface area contributed by atoms with Crippen molar-refractivity contribution in [1.29, 1.82) is 0 Å². The summed E-state index contributed by atoms with van der Waals surface area (Å²) in [5, 5.41) is 5.03. The van der Waals surface area contributed by atoms with Gasteiger partial charge in [0.05, 0.1) is 5.75 Å². The SMILES string of the molecule is CCc1cccc2c1[nH]c1cc(NC(=O)CCS(C)(=O)=O)ccc12. The van der Waals surface area contributed by atoms with Crippen molar-refractivity contribution in [2.45, 2.75) is 19.8 Å². The zero-order chi connectivity index (χ0) is 17.3. The summed E-state index contributed by atoms with van der Waals surface area (Å²) in [6.45, 7) is 2.12. The smallest absolute Gasteiger partial charge is 0.225 e. The van der Waals surface area contributed by atoms with Crippen molar-refractivity contribution in [2.24, 2.45) is 0 Å². The van der Waals surface area contributed by atoms with Gasteiger partial charge in [-0.2, -0.15) is 0 Å². The minimum atomic E-state index is -3.14. The van der Waals surface area contributed by atoms with Gasteiger partial charge in [0, 0.05) is 40.2 Å². The first-order valence-corrected chi connectivity index (χ1v) is 9.94. The van der Waals surface area contributed by atoms with Gasteiger partial charge in [-0.25, -0.2) is 8.42 Å². The van der Waals surface area contributed by atoms with Crippen LogP contribution in [0.4, 0.5) is 5.69 Å². The van der Waals surface area contributed by atoms with Gasteiger partial charge in [0.15, 0.2) is 0 Å². The van der Waals surface area contributed by atoms with E-state index in [9.17, 15) is 13.2 Å². The van der Waals surface area contributed by atoms with Crippen molar-refractivity contribution in [3.8, 4) is 0 Å². The number of aromatic amines is 1. The summed E-state index contributed by atoms with van der Waals surface area (Å²) in [6, 6.07) is 11.9. The van der Waals surface area contributed by atoms with E-state index in [0.717, 1.165) is 29.1 Å². The van der Waals surface area contributed by atoms with Gasteiger partial charge >= 0.3 is 0 Å². The number of nitrogens with one attached hydrogen (secondary N) is 2. The van der Waals surface area contributed by atoms with E-state index >= 15 is 0 Å². The van der Waals surface area contributed by atoms with Crippen LogP contribution in [-0.2, 0) is 21.1 Å². The average Bonchev–Trinajstić information content (AvgIpc) is 2.90. The Morgan fingerprint density at radius 3 is 2.67 bits per heavy atom. The first-order valence-electron chi connectivity index (χ1n) is 7.88. The molecular weight excluding hydrogens is 324 g/mol. The van der Waals surface area contributed by atoms with Crippen molar-refractivity contribution in [1.82, 2.24) is 4.98 Å². The van der Waals surface area contributed by atoms with Crippen molar-refractivity contribution >= 4 is 43.2 Å². The molecule has 3 rings (SSSR count). The van der Waals surface area contributed by atoms with Crippen molar-refractivity contribution < 1.29 is 13.2 Å². The highest BCUT2D eigenvalue weighted by molar-refractivity contribution is 7.90. The number of carbonyl (C=O) groups is 1. The molecule has 1 amide bonds. The molecular formula is C18H20N2O3S. The third kappa shape index (κ3) is 3.43. The van der Waals surface area contributed by atoms with Crippen LogP contribution >= 0.6 is 0 Å².